The van der Waals surface area contributed by atoms with Gasteiger partial charge in [-0.15, -0.1) is 0 Å². The van der Waals surface area contributed by atoms with Crippen molar-refractivity contribution < 1.29 is 8.42 Å². The molecule has 5 heteroatoms. The third kappa shape index (κ3) is 3.02. The predicted octanol–water partition coefficient (Wildman–Crippen LogP) is 2.82. The number of piperidine rings is 1. The lowest BCUT2D eigenvalue weighted by atomic mass is 9.91. The molecular weight excluding hydrogens is 294 g/mol. The minimum atomic E-state index is -3.19. The van der Waals surface area contributed by atoms with Crippen LogP contribution in [0.4, 0.5) is 0 Å². The van der Waals surface area contributed by atoms with Gasteiger partial charge in [-0.25, -0.2) is 8.42 Å². The molecule has 0 amide bonds. The average Bonchev–Trinajstić information content (AvgIpc) is 3.24. The Morgan fingerprint density at radius 1 is 1.15 bits per heavy atom. The molecule has 1 aromatic rings. The molecule has 1 aliphatic heterocycles. The predicted molar refractivity (Wildman–Crippen MR) is 81.0 cm³/mol. The van der Waals surface area contributed by atoms with E-state index in [4.69, 9.17) is 11.6 Å². The average molecular weight is 314 g/mol. The molecule has 3 rings (SSSR count). The minimum Gasteiger partial charge on any atom is -0.317 e. The van der Waals surface area contributed by atoms with Crippen LogP contribution in [0.25, 0.3) is 0 Å². The van der Waals surface area contributed by atoms with Crippen LogP contribution in [0, 0.1) is 5.92 Å². The summed E-state index contributed by atoms with van der Waals surface area (Å²) in [7, 11) is -3.19. The van der Waals surface area contributed by atoms with E-state index < -0.39 is 9.84 Å². The third-order valence-electron chi connectivity index (χ3n) is 4.25. The van der Waals surface area contributed by atoms with Crippen molar-refractivity contribution in [2.45, 2.75) is 42.2 Å². The Bertz CT molecular complexity index is 590. The van der Waals surface area contributed by atoms with Gasteiger partial charge in [0.15, 0.2) is 9.84 Å². The van der Waals surface area contributed by atoms with Gasteiger partial charge < -0.3 is 5.32 Å². The number of sulfone groups is 1. The van der Waals surface area contributed by atoms with Gasteiger partial charge in [0, 0.05) is 0 Å². The van der Waals surface area contributed by atoms with Crippen LogP contribution in [-0.2, 0) is 16.3 Å². The fraction of sp³-hybridized carbons (Fsp3) is 0.600. The normalized spacial score (nSPS) is 21.1. The first-order chi connectivity index (χ1) is 9.57. The first-order valence-corrected chi connectivity index (χ1v) is 9.23. The zero-order chi connectivity index (χ0) is 14.2. The SMILES string of the molecule is O=S(=O)(c1ccc(CC2CCNCC2)cc1Cl)C1CC1. The lowest BCUT2D eigenvalue weighted by Crippen LogP contribution is -2.28. The second kappa shape index (κ2) is 5.66. The van der Waals surface area contributed by atoms with Crippen molar-refractivity contribution >= 4 is 21.4 Å². The molecule has 2 aliphatic rings. The molecule has 110 valence electrons. The van der Waals surface area contributed by atoms with Gasteiger partial charge in [0.2, 0.25) is 0 Å². The van der Waals surface area contributed by atoms with Crippen LogP contribution in [0.15, 0.2) is 23.1 Å². The third-order valence-corrected chi connectivity index (χ3v) is 6.99. The van der Waals surface area contributed by atoms with Gasteiger partial charge in [-0.1, -0.05) is 17.7 Å². The fourth-order valence-corrected chi connectivity index (χ4v) is 5.11. The smallest absolute Gasteiger partial charge is 0.182 e. The zero-order valence-corrected chi connectivity index (χ0v) is 13.0. The summed E-state index contributed by atoms with van der Waals surface area (Å²) in [5.41, 5.74) is 1.15. The largest absolute Gasteiger partial charge is 0.317 e. The molecule has 0 spiro atoms. The molecule has 20 heavy (non-hydrogen) atoms. The Kier molecular flexibility index (Phi) is 4.07. The lowest BCUT2D eigenvalue weighted by molar-refractivity contribution is 0.372. The molecule has 1 aromatic carbocycles. The van der Waals surface area contributed by atoms with Gasteiger partial charge in [0.1, 0.15) is 0 Å². The summed E-state index contributed by atoms with van der Waals surface area (Å²) >= 11 is 6.21. The number of hydrogen-bond acceptors (Lipinski definition) is 3. The minimum absolute atomic E-state index is 0.199. The van der Waals surface area contributed by atoms with E-state index in [9.17, 15) is 8.42 Å². The Balaban J connectivity index is 1.77. The summed E-state index contributed by atoms with van der Waals surface area (Å²) in [5, 5.41) is 3.55. The highest BCUT2D eigenvalue weighted by Gasteiger charge is 2.38. The Morgan fingerprint density at radius 2 is 1.85 bits per heavy atom. The van der Waals surface area contributed by atoms with Crippen LogP contribution >= 0.6 is 11.6 Å². The van der Waals surface area contributed by atoms with Crippen LogP contribution < -0.4 is 5.32 Å². The maximum absolute atomic E-state index is 12.2. The summed E-state index contributed by atoms with van der Waals surface area (Å²) in [6, 6.07) is 5.48. The Morgan fingerprint density at radius 3 is 2.45 bits per heavy atom. The fourth-order valence-electron chi connectivity index (χ4n) is 2.88. The molecule has 3 nitrogen and oxygen atoms in total. The number of halogens is 1. The van der Waals surface area contributed by atoms with E-state index in [-0.39, 0.29) is 5.25 Å². The Hall–Kier alpha value is -0.580. The van der Waals surface area contributed by atoms with Gasteiger partial charge in [-0.2, -0.15) is 0 Å². The van der Waals surface area contributed by atoms with Gasteiger partial charge in [-0.3, -0.25) is 0 Å². The molecule has 2 fully saturated rings. The van der Waals surface area contributed by atoms with Crippen molar-refractivity contribution in [3.8, 4) is 0 Å². The van der Waals surface area contributed by atoms with Crippen LogP contribution in [0.2, 0.25) is 5.02 Å². The summed E-state index contributed by atoms with van der Waals surface area (Å²) in [4.78, 5) is 0.315. The van der Waals surface area contributed by atoms with Crippen molar-refractivity contribution in [3.63, 3.8) is 0 Å². The van der Waals surface area contributed by atoms with Crippen molar-refractivity contribution in [1.82, 2.24) is 5.32 Å². The highest BCUT2D eigenvalue weighted by Crippen LogP contribution is 2.36. The highest BCUT2D eigenvalue weighted by molar-refractivity contribution is 7.92. The summed E-state index contributed by atoms with van der Waals surface area (Å²) in [6.45, 7) is 2.15. The van der Waals surface area contributed by atoms with Crippen molar-refractivity contribution in [3.05, 3.63) is 28.8 Å². The first kappa shape index (κ1) is 14.4. The number of hydrogen-bond donors (Lipinski definition) is 1. The first-order valence-electron chi connectivity index (χ1n) is 7.30. The molecule has 0 radical (unpaired) electrons. The molecule has 1 saturated carbocycles. The number of benzene rings is 1. The lowest BCUT2D eigenvalue weighted by Gasteiger charge is -2.22. The molecule has 0 unspecified atom stereocenters. The second-order valence-corrected chi connectivity index (χ2v) is 8.51. The summed E-state index contributed by atoms with van der Waals surface area (Å²) in [6.07, 6.45) is 4.90. The van der Waals surface area contributed by atoms with Crippen molar-refractivity contribution in [2.24, 2.45) is 5.92 Å². The quantitative estimate of drug-likeness (QED) is 0.929. The monoisotopic (exact) mass is 313 g/mol. The van der Waals surface area contributed by atoms with Crippen LogP contribution in [-0.4, -0.2) is 26.8 Å². The highest BCUT2D eigenvalue weighted by atomic mass is 35.5. The molecule has 1 saturated heterocycles. The summed E-state index contributed by atoms with van der Waals surface area (Å²) < 4.78 is 24.4. The molecule has 0 atom stereocenters. The van der Waals surface area contributed by atoms with E-state index >= 15 is 0 Å². The van der Waals surface area contributed by atoms with Gasteiger partial charge in [0.05, 0.1) is 15.2 Å². The second-order valence-electron chi connectivity index (χ2n) is 5.91. The standard InChI is InChI=1S/C15H20ClNO2S/c16-14-10-12(9-11-5-7-17-8-6-11)1-4-15(14)20(18,19)13-2-3-13/h1,4,10-11,13,17H,2-3,5-9H2. The van der Waals surface area contributed by atoms with E-state index in [1.165, 1.54) is 12.8 Å². The molecular formula is C15H20ClNO2S. The van der Waals surface area contributed by atoms with Gasteiger partial charge in [0.25, 0.3) is 0 Å². The topological polar surface area (TPSA) is 46.2 Å². The summed E-state index contributed by atoms with van der Waals surface area (Å²) in [5.74, 6) is 0.679. The van der Waals surface area contributed by atoms with Crippen LogP contribution in [0.1, 0.15) is 31.2 Å². The molecule has 0 bridgehead atoms. The van der Waals surface area contributed by atoms with Gasteiger partial charge >= 0.3 is 0 Å². The molecule has 1 heterocycles. The van der Waals surface area contributed by atoms with Crippen LogP contribution in [0.5, 0.6) is 0 Å². The van der Waals surface area contributed by atoms with E-state index in [1.54, 1.807) is 6.07 Å². The van der Waals surface area contributed by atoms with Gasteiger partial charge in [-0.05, 0) is 68.8 Å². The van der Waals surface area contributed by atoms with E-state index in [0.717, 1.165) is 37.9 Å². The van der Waals surface area contributed by atoms with E-state index in [2.05, 4.69) is 5.32 Å². The van der Waals surface area contributed by atoms with Crippen LogP contribution in [0.3, 0.4) is 0 Å². The maximum Gasteiger partial charge on any atom is 0.182 e. The number of nitrogens with one attached hydrogen (secondary N) is 1. The molecule has 1 aliphatic carbocycles. The van der Waals surface area contributed by atoms with Crippen molar-refractivity contribution in [1.29, 1.82) is 0 Å². The maximum atomic E-state index is 12.2. The van der Waals surface area contributed by atoms with E-state index in [0.29, 0.717) is 15.8 Å². The van der Waals surface area contributed by atoms with E-state index in [1.807, 2.05) is 12.1 Å². The number of rotatable bonds is 4. The Labute approximate surface area is 125 Å². The molecule has 0 aromatic heterocycles. The van der Waals surface area contributed by atoms with Crippen molar-refractivity contribution in [2.75, 3.05) is 13.1 Å². The zero-order valence-electron chi connectivity index (χ0n) is 11.4. The molecule has 1 N–H and O–H groups in total.